The number of rotatable bonds is 5. The molecule has 0 bridgehead atoms. The Labute approximate surface area is 121 Å². The van der Waals surface area contributed by atoms with Gasteiger partial charge < -0.3 is 19.1 Å². The maximum Gasteiger partial charge on any atom is 0.203 e. The van der Waals surface area contributed by atoms with E-state index in [1.165, 1.54) is 5.56 Å². The second kappa shape index (κ2) is 6.81. The van der Waals surface area contributed by atoms with Crippen molar-refractivity contribution in [2.75, 3.05) is 54.6 Å². The van der Waals surface area contributed by atoms with Crippen LogP contribution in [-0.2, 0) is 6.54 Å². The maximum atomic E-state index is 5.39. The largest absolute Gasteiger partial charge is 0.493 e. The van der Waals surface area contributed by atoms with Crippen LogP contribution in [0.1, 0.15) is 5.56 Å². The van der Waals surface area contributed by atoms with E-state index in [1.54, 1.807) is 21.3 Å². The van der Waals surface area contributed by atoms with Crippen molar-refractivity contribution in [2.24, 2.45) is 0 Å². The zero-order valence-corrected chi connectivity index (χ0v) is 12.8. The van der Waals surface area contributed by atoms with Gasteiger partial charge in [-0.1, -0.05) is 0 Å². The predicted octanol–water partition coefficient (Wildman–Crippen LogP) is 1.46. The van der Waals surface area contributed by atoms with Crippen LogP contribution in [0.2, 0.25) is 0 Å². The molecular formula is C15H24N2O3. The molecule has 1 aliphatic heterocycles. The first-order valence-electron chi connectivity index (χ1n) is 6.87. The van der Waals surface area contributed by atoms with E-state index < -0.39 is 0 Å². The topological polar surface area (TPSA) is 34.2 Å². The molecule has 0 N–H and O–H groups in total. The summed E-state index contributed by atoms with van der Waals surface area (Å²) in [6, 6.07) is 4.05. The molecule has 2 rings (SSSR count). The molecule has 0 amide bonds. The van der Waals surface area contributed by atoms with Crippen molar-refractivity contribution >= 4 is 0 Å². The van der Waals surface area contributed by atoms with Crippen molar-refractivity contribution in [3.8, 4) is 17.2 Å². The van der Waals surface area contributed by atoms with Gasteiger partial charge in [-0.2, -0.15) is 0 Å². The second-order valence-corrected chi connectivity index (χ2v) is 5.11. The third kappa shape index (κ3) is 3.35. The number of piperazine rings is 1. The summed E-state index contributed by atoms with van der Waals surface area (Å²) >= 11 is 0. The van der Waals surface area contributed by atoms with Gasteiger partial charge in [-0.05, 0) is 24.7 Å². The Morgan fingerprint density at radius 3 is 1.90 bits per heavy atom. The molecule has 112 valence electrons. The normalized spacial score (nSPS) is 17.0. The van der Waals surface area contributed by atoms with Gasteiger partial charge in [-0.25, -0.2) is 0 Å². The van der Waals surface area contributed by atoms with E-state index in [0.29, 0.717) is 5.75 Å². The van der Waals surface area contributed by atoms with Crippen LogP contribution in [0.5, 0.6) is 17.2 Å². The Morgan fingerprint density at radius 1 is 0.900 bits per heavy atom. The molecule has 0 radical (unpaired) electrons. The van der Waals surface area contributed by atoms with Gasteiger partial charge >= 0.3 is 0 Å². The molecular weight excluding hydrogens is 256 g/mol. The molecule has 1 aromatic rings. The monoisotopic (exact) mass is 280 g/mol. The molecule has 0 aliphatic carbocycles. The van der Waals surface area contributed by atoms with Crippen molar-refractivity contribution in [1.82, 2.24) is 9.80 Å². The summed E-state index contributed by atoms with van der Waals surface area (Å²) in [7, 11) is 7.09. The Balaban J connectivity index is 2.15. The van der Waals surface area contributed by atoms with E-state index in [1.807, 2.05) is 12.1 Å². The molecule has 0 aromatic heterocycles. The lowest BCUT2D eigenvalue weighted by Crippen LogP contribution is -2.43. The molecule has 1 aromatic carbocycles. The molecule has 1 aliphatic rings. The van der Waals surface area contributed by atoms with Gasteiger partial charge in [-0.3, -0.25) is 4.90 Å². The molecule has 0 unspecified atom stereocenters. The summed E-state index contributed by atoms with van der Waals surface area (Å²) in [4.78, 5) is 4.80. The highest BCUT2D eigenvalue weighted by Gasteiger charge is 2.17. The van der Waals surface area contributed by atoms with Gasteiger partial charge in [0, 0.05) is 32.7 Å². The van der Waals surface area contributed by atoms with Gasteiger partial charge in [-0.15, -0.1) is 0 Å². The fourth-order valence-corrected chi connectivity index (χ4v) is 2.49. The number of hydrogen-bond donors (Lipinski definition) is 0. The third-order valence-corrected chi connectivity index (χ3v) is 3.73. The molecule has 0 spiro atoms. The summed E-state index contributed by atoms with van der Waals surface area (Å²) in [5.74, 6) is 2.09. The van der Waals surface area contributed by atoms with Crippen LogP contribution in [0.25, 0.3) is 0 Å². The van der Waals surface area contributed by atoms with E-state index in [9.17, 15) is 0 Å². The van der Waals surface area contributed by atoms with E-state index in [4.69, 9.17) is 14.2 Å². The second-order valence-electron chi connectivity index (χ2n) is 5.11. The van der Waals surface area contributed by atoms with Gasteiger partial charge in [0.05, 0.1) is 21.3 Å². The van der Waals surface area contributed by atoms with Crippen molar-refractivity contribution in [3.05, 3.63) is 17.7 Å². The van der Waals surface area contributed by atoms with Crippen LogP contribution in [0.15, 0.2) is 12.1 Å². The summed E-state index contributed by atoms with van der Waals surface area (Å²) in [6.45, 7) is 5.32. The van der Waals surface area contributed by atoms with Crippen molar-refractivity contribution in [1.29, 1.82) is 0 Å². The molecule has 1 heterocycles. The lowest BCUT2D eigenvalue weighted by Gasteiger charge is -2.32. The highest BCUT2D eigenvalue weighted by Crippen LogP contribution is 2.38. The standard InChI is InChI=1S/C15H24N2O3/c1-16-5-7-17(8-6-16)11-12-9-13(18-2)15(20-4)14(10-12)19-3/h9-10H,5-8,11H2,1-4H3. The Kier molecular flexibility index (Phi) is 5.09. The molecule has 5 nitrogen and oxygen atoms in total. The average molecular weight is 280 g/mol. The first-order chi connectivity index (χ1) is 9.67. The Hall–Kier alpha value is -1.46. The highest BCUT2D eigenvalue weighted by atomic mass is 16.5. The van der Waals surface area contributed by atoms with Crippen LogP contribution in [0.3, 0.4) is 0 Å². The summed E-state index contributed by atoms with van der Waals surface area (Å²) in [5, 5.41) is 0. The minimum atomic E-state index is 0.650. The lowest BCUT2D eigenvalue weighted by atomic mass is 10.1. The van der Waals surface area contributed by atoms with Gasteiger partial charge in [0.1, 0.15) is 0 Å². The minimum absolute atomic E-state index is 0.650. The van der Waals surface area contributed by atoms with Crippen molar-refractivity contribution in [2.45, 2.75) is 6.54 Å². The number of methoxy groups -OCH3 is 3. The Bertz CT molecular complexity index is 418. The van der Waals surface area contributed by atoms with E-state index in [2.05, 4.69) is 16.8 Å². The fraction of sp³-hybridized carbons (Fsp3) is 0.600. The van der Waals surface area contributed by atoms with Crippen molar-refractivity contribution in [3.63, 3.8) is 0 Å². The van der Waals surface area contributed by atoms with Crippen LogP contribution in [-0.4, -0.2) is 64.4 Å². The highest BCUT2D eigenvalue weighted by molar-refractivity contribution is 5.53. The molecule has 0 atom stereocenters. The molecule has 1 fully saturated rings. The van der Waals surface area contributed by atoms with Crippen LogP contribution in [0, 0.1) is 0 Å². The molecule has 1 saturated heterocycles. The number of ether oxygens (including phenoxy) is 3. The van der Waals surface area contributed by atoms with Crippen LogP contribution in [0.4, 0.5) is 0 Å². The number of benzene rings is 1. The number of likely N-dealkylation sites (N-methyl/N-ethyl adjacent to an activating group) is 1. The third-order valence-electron chi connectivity index (χ3n) is 3.73. The number of nitrogens with zero attached hydrogens (tertiary/aromatic N) is 2. The summed E-state index contributed by atoms with van der Waals surface area (Å²) in [5.41, 5.74) is 1.18. The quantitative estimate of drug-likeness (QED) is 0.816. The van der Waals surface area contributed by atoms with Gasteiger partial charge in [0.15, 0.2) is 11.5 Å². The van der Waals surface area contributed by atoms with E-state index >= 15 is 0 Å². The fourth-order valence-electron chi connectivity index (χ4n) is 2.49. The first-order valence-corrected chi connectivity index (χ1v) is 6.87. The van der Waals surface area contributed by atoms with Crippen LogP contribution >= 0.6 is 0 Å². The van der Waals surface area contributed by atoms with Gasteiger partial charge in [0.2, 0.25) is 5.75 Å². The lowest BCUT2D eigenvalue weighted by molar-refractivity contribution is 0.148. The zero-order chi connectivity index (χ0) is 14.5. The van der Waals surface area contributed by atoms with E-state index in [-0.39, 0.29) is 0 Å². The minimum Gasteiger partial charge on any atom is -0.493 e. The maximum absolute atomic E-state index is 5.39. The molecule has 5 heteroatoms. The van der Waals surface area contributed by atoms with Crippen LogP contribution < -0.4 is 14.2 Å². The smallest absolute Gasteiger partial charge is 0.203 e. The molecule has 0 saturated carbocycles. The molecule has 20 heavy (non-hydrogen) atoms. The van der Waals surface area contributed by atoms with Gasteiger partial charge in [0.25, 0.3) is 0 Å². The van der Waals surface area contributed by atoms with E-state index in [0.717, 1.165) is 44.2 Å². The summed E-state index contributed by atoms with van der Waals surface area (Å²) < 4.78 is 16.1. The predicted molar refractivity (Wildman–Crippen MR) is 78.9 cm³/mol. The summed E-state index contributed by atoms with van der Waals surface area (Å²) in [6.07, 6.45) is 0. The zero-order valence-electron chi connectivity index (χ0n) is 12.8. The Morgan fingerprint density at radius 2 is 1.45 bits per heavy atom. The van der Waals surface area contributed by atoms with Crippen molar-refractivity contribution < 1.29 is 14.2 Å². The average Bonchev–Trinajstić information content (AvgIpc) is 2.48. The SMILES string of the molecule is COc1cc(CN2CCN(C)CC2)cc(OC)c1OC. The first kappa shape index (κ1) is 14.9. The number of hydrogen-bond acceptors (Lipinski definition) is 5.